The first-order chi connectivity index (χ1) is 15.2. The minimum absolute atomic E-state index is 0.0348. The number of hydrogen-bond acceptors (Lipinski definition) is 4. The third-order valence-electron chi connectivity index (χ3n) is 6.62. The highest BCUT2D eigenvalue weighted by molar-refractivity contribution is 5.93. The maximum absolute atomic E-state index is 13.1. The van der Waals surface area contributed by atoms with Crippen LogP contribution < -0.4 is 0 Å². The Labute approximate surface area is 184 Å². The summed E-state index contributed by atoms with van der Waals surface area (Å²) in [5.74, 6) is -0.527. The molecule has 0 N–H and O–H groups in total. The van der Waals surface area contributed by atoms with Crippen molar-refractivity contribution in [2.45, 2.75) is 76.3 Å². The fourth-order valence-electron chi connectivity index (χ4n) is 5.10. The van der Waals surface area contributed by atoms with Crippen LogP contribution in [0.15, 0.2) is 42.6 Å². The molecule has 31 heavy (non-hydrogen) atoms. The van der Waals surface area contributed by atoms with E-state index in [9.17, 15) is 9.59 Å². The molecule has 2 aromatic rings. The van der Waals surface area contributed by atoms with Gasteiger partial charge in [-0.15, -0.1) is 0 Å². The van der Waals surface area contributed by atoms with Crippen molar-refractivity contribution in [1.82, 2.24) is 9.88 Å². The van der Waals surface area contributed by atoms with Crippen LogP contribution in [0, 0.1) is 0 Å². The third kappa shape index (κ3) is 5.52. The second-order valence-electron chi connectivity index (χ2n) is 8.75. The van der Waals surface area contributed by atoms with E-state index in [1.54, 1.807) is 12.3 Å². The average Bonchev–Trinajstić information content (AvgIpc) is 2.83. The van der Waals surface area contributed by atoms with Crippen LogP contribution in [0.5, 0.6) is 0 Å². The minimum Gasteiger partial charge on any atom is -0.452 e. The number of pyridine rings is 1. The van der Waals surface area contributed by atoms with Gasteiger partial charge in [0.25, 0.3) is 5.91 Å². The number of nitrogens with zero attached hydrogens (tertiary/aromatic N) is 2. The van der Waals surface area contributed by atoms with Crippen LogP contribution in [-0.2, 0) is 14.3 Å². The predicted octanol–water partition coefficient (Wildman–Crippen LogP) is 5.29. The van der Waals surface area contributed by atoms with Gasteiger partial charge in [-0.05, 0) is 37.8 Å². The molecule has 5 heteroatoms. The summed E-state index contributed by atoms with van der Waals surface area (Å²) < 4.78 is 5.36. The maximum atomic E-state index is 13.1. The Balaban J connectivity index is 1.38. The van der Waals surface area contributed by atoms with Gasteiger partial charge in [0, 0.05) is 35.3 Å². The summed E-state index contributed by atoms with van der Waals surface area (Å²) in [7, 11) is 0. The van der Waals surface area contributed by atoms with E-state index in [1.165, 1.54) is 44.6 Å². The molecule has 2 aliphatic rings. The zero-order valence-corrected chi connectivity index (χ0v) is 18.2. The Morgan fingerprint density at radius 2 is 1.58 bits per heavy atom. The summed E-state index contributed by atoms with van der Waals surface area (Å²) in [5, 5.41) is 1.02. The molecular weight excluding hydrogens is 388 g/mol. The van der Waals surface area contributed by atoms with E-state index in [1.807, 2.05) is 30.3 Å². The Kier molecular flexibility index (Phi) is 7.34. The number of carbonyl (C=O) groups is 2. The predicted molar refractivity (Wildman–Crippen MR) is 122 cm³/mol. The topological polar surface area (TPSA) is 59.5 Å². The molecule has 1 aromatic carbocycles. The molecule has 0 radical (unpaired) electrons. The van der Waals surface area contributed by atoms with Crippen LogP contribution in [0.1, 0.15) is 69.8 Å². The van der Waals surface area contributed by atoms with Crippen molar-refractivity contribution in [3.8, 4) is 0 Å². The summed E-state index contributed by atoms with van der Waals surface area (Å²) in [5.41, 5.74) is 1.69. The van der Waals surface area contributed by atoms with Crippen molar-refractivity contribution >= 4 is 28.9 Å². The Bertz CT molecular complexity index is 904. The Hall–Kier alpha value is -2.69. The van der Waals surface area contributed by atoms with Gasteiger partial charge in [0.15, 0.2) is 6.61 Å². The Morgan fingerprint density at radius 1 is 0.935 bits per heavy atom. The maximum Gasteiger partial charge on any atom is 0.331 e. The van der Waals surface area contributed by atoms with Crippen molar-refractivity contribution in [3.63, 3.8) is 0 Å². The molecule has 164 valence electrons. The molecule has 2 fully saturated rings. The molecule has 0 bridgehead atoms. The largest absolute Gasteiger partial charge is 0.452 e. The normalized spacial score (nSPS) is 18.3. The van der Waals surface area contributed by atoms with Gasteiger partial charge in [0.2, 0.25) is 0 Å². The number of para-hydroxylation sites is 1. The van der Waals surface area contributed by atoms with Crippen LogP contribution in [0.4, 0.5) is 0 Å². The fraction of sp³-hybridized carbons (Fsp3) is 0.500. The number of amides is 1. The highest BCUT2D eigenvalue weighted by Gasteiger charge is 2.32. The zero-order valence-electron chi connectivity index (χ0n) is 18.2. The SMILES string of the molecule is O=C(/C=C/c1cccc2cccnc12)OCC(=O)N(C1CCCCC1)C1CCCCC1. The molecule has 0 aliphatic heterocycles. The molecule has 2 aliphatic carbocycles. The van der Waals surface area contributed by atoms with Gasteiger partial charge in [-0.1, -0.05) is 62.8 Å². The van der Waals surface area contributed by atoms with Gasteiger partial charge in [-0.3, -0.25) is 9.78 Å². The number of hydrogen-bond donors (Lipinski definition) is 0. The first-order valence-corrected chi connectivity index (χ1v) is 11.7. The average molecular weight is 421 g/mol. The van der Waals surface area contributed by atoms with Crippen LogP contribution >= 0.6 is 0 Å². The molecule has 1 aromatic heterocycles. The molecule has 0 unspecified atom stereocenters. The van der Waals surface area contributed by atoms with Crippen LogP contribution in [0.3, 0.4) is 0 Å². The lowest BCUT2D eigenvalue weighted by Crippen LogP contribution is -2.50. The molecule has 5 nitrogen and oxygen atoms in total. The van der Waals surface area contributed by atoms with Crippen molar-refractivity contribution in [1.29, 1.82) is 0 Å². The van der Waals surface area contributed by atoms with E-state index >= 15 is 0 Å². The molecule has 2 saturated carbocycles. The number of esters is 1. The third-order valence-corrected chi connectivity index (χ3v) is 6.62. The fourth-order valence-corrected chi connectivity index (χ4v) is 5.10. The summed E-state index contributed by atoms with van der Waals surface area (Å²) in [6.07, 6.45) is 16.4. The lowest BCUT2D eigenvalue weighted by atomic mass is 9.88. The van der Waals surface area contributed by atoms with E-state index in [-0.39, 0.29) is 12.5 Å². The van der Waals surface area contributed by atoms with Gasteiger partial charge in [0.05, 0.1) is 5.52 Å². The number of fused-ring (bicyclic) bond motifs is 1. The van der Waals surface area contributed by atoms with E-state index in [2.05, 4.69) is 9.88 Å². The van der Waals surface area contributed by atoms with Crippen LogP contribution in [0.2, 0.25) is 0 Å². The lowest BCUT2D eigenvalue weighted by molar-refractivity contribution is -0.152. The van der Waals surface area contributed by atoms with E-state index in [0.717, 1.165) is 42.1 Å². The van der Waals surface area contributed by atoms with Gasteiger partial charge in [-0.25, -0.2) is 4.79 Å². The summed E-state index contributed by atoms with van der Waals surface area (Å²) >= 11 is 0. The van der Waals surface area contributed by atoms with E-state index in [0.29, 0.717) is 12.1 Å². The monoisotopic (exact) mass is 420 g/mol. The zero-order chi connectivity index (χ0) is 21.5. The molecule has 4 rings (SSSR count). The van der Waals surface area contributed by atoms with Crippen LogP contribution in [0.25, 0.3) is 17.0 Å². The highest BCUT2D eigenvalue weighted by atomic mass is 16.5. The van der Waals surface area contributed by atoms with Crippen molar-refractivity contribution in [3.05, 3.63) is 48.2 Å². The van der Waals surface area contributed by atoms with Gasteiger partial charge < -0.3 is 9.64 Å². The van der Waals surface area contributed by atoms with E-state index < -0.39 is 5.97 Å². The standard InChI is InChI=1S/C26H32N2O3/c29-24(28(22-12-3-1-4-13-22)23-14-5-2-6-15-23)19-31-25(30)17-16-21-10-7-9-20-11-8-18-27-26(20)21/h7-11,16-18,22-23H,1-6,12-15,19H2/b17-16+. The minimum atomic E-state index is -0.492. The van der Waals surface area contributed by atoms with Crippen molar-refractivity contribution in [2.75, 3.05) is 6.61 Å². The molecular formula is C26H32N2O3. The molecule has 1 heterocycles. The van der Waals surface area contributed by atoms with E-state index in [4.69, 9.17) is 4.74 Å². The molecule has 1 amide bonds. The second-order valence-corrected chi connectivity index (χ2v) is 8.75. The first-order valence-electron chi connectivity index (χ1n) is 11.7. The highest BCUT2D eigenvalue weighted by Crippen LogP contribution is 2.30. The van der Waals surface area contributed by atoms with Crippen LogP contribution in [-0.4, -0.2) is 40.5 Å². The number of carbonyl (C=O) groups excluding carboxylic acids is 2. The number of ether oxygens (including phenoxy) is 1. The second kappa shape index (κ2) is 10.6. The number of rotatable bonds is 6. The lowest BCUT2D eigenvalue weighted by Gasteiger charge is -2.41. The Morgan fingerprint density at radius 3 is 2.26 bits per heavy atom. The van der Waals surface area contributed by atoms with Crippen molar-refractivity contribution in [2.24, 2.45) is 0 Å². The number of benzene rings is 1. The van der Waals surface area contributed by atoms with Crippen molar-refractivity contribution < 1.29 is 14.3 Å². The first kappa shape index (κ1) is 21.5. The quantitative estimate of drug-likeness (QED) is 0.471. The summed E-state index contributed by atoms with van der Waals surface area (Å²) in [4.78, 5) is 31.9. The molecule has 0 atom stereocenters. The molecule has 0 spiro atoms. The van der Waals surface area contributed by atoms with Gasteiger partial charge >= 0.3 is 5.97 Å². The summed E-state index contributed by atoms with van der Waals surface area (Å²) in [6.45, 7) is -0.177. The smallest absolute Gasteiger partial charge is 0.331 e. The van der Waals surface area contributed by atoms with Gasteiger partial charge in [0.1, 0.15) is 0 Å². The van der Waals surface area contributed by atoms with Gasteiger partial charge in [-0.2, -0.15) is 0 Å². The molecule has 0 saturated heterocycles. The summed E-state index contributed by atoms with van der Waals surface area (Å²) in [6, 6.07) is 10.3. The number of aromatic nitrogens is 1.